The molecule has 0 atom stereocenters. The van der Waals surface area contributed by atoms with E-state index in [2.05, 4.69) is 48.6 Å². The van der Waals surface area contributed by atoms with Gasteiger partial charge in [0, 0.05) is 12.6 Å². The largest absolute Gasteiger partial charge is 0.490 e. The van der Waals surface area contributed by atoms with Gasteiger partial charge in [-0.2, -0.15) is 0 Å². The Balaban J connectivity index is 1.61. The maximum absolute atomic E-state index is 6.18. The van der Waals surface area contributed by atoms with Gasteiger partial charge >= 0.3 is 0 Å². The van der Waals surface area contributed by atoms with E-state index < -0.39 is 0 Å². The number of hydrogen-bond acceptors (Lipinski definition) is 3. The second-order valence-electron chi connectivity index (χ2n) is 6.09. The van der Waals surface area contributed by atoms with Gasteiger partial charge in [0.2, 0.25) is 0 Å². The van der Waals surface area contributed by atoms with Crippen LogP contribution < -0.4 is 10.1 Å². The Kier molecular flexibility index (Phi) is 3.97. The van der Waals surface area contributed by atoms with E-state index in [4.69, 9.17) is 4.74 Å². The molecular formula is C17H24N2O. The second-order valence-corrected chi connectivity index (χ2v) is 6.09. The van der Waals surface area contributed by atoms with Crippen LogP contribution in [0.3, 0.4) is 0 Å². The van der Waals surface area contributed by atoms with Gasteiger partial charge in [0.15, 0.2) is 0 Å². The highest BCUT2D eigenvalue weighted by Crippen LogP contribution is 2.27. The molecule has 0 aromatic heterocycles. The number of ether oxygens (including phenoxy) is 1. The third-order valence-corrected chi connectivity index (χ3v) is 4.47. The molecule has 1 saturated carbocycles. The lowest BCUT2D eigenvalue weighted by atomic mass is 9.92. The molecule has 1 aromatic carbocycles. The van der Waals surface area contributed by atoms with Gasteiger partial charge in [0.1, 0.15) is 5.75 Å². The van der Waals surface area contributed by atoms with Crippen LogP contribution in [0.25, 0.3) is 6.08 Å². The van der Waals surface area contributed by atoms with Crippen LogP contribution >= 0.6 is 0 Å². The van der Waals surface area contributed by atoms with Crippen LogP contribution in [-0.2, 0) is 6.54 Å². The predicted octanol–water partition coefficient (Wildman–Crippen LogP) is 3.01. The molecule has 0 saturated heterocycles. The van der Waals surface area contributed by atoms with Crippen molar-refractivity contribution in [3.8, 4) is 5.75 Å². The second kappa shape index (κ2) is 5.88. The van der Waals surface area contributed by atoms with E-state index in [1.54, 1.807) is 0 Å². The molecule has 0 spiro atoms. The zero-order valence-electron chi connectivity index (χ0n) is 12.4. The zero-order valence-corrected chi connectivity index (χ0v) is 12.4. The minimum Gasteiger partial charge on any atom is -0.490 e. The van der Waals surface area contributed by atoms with Gasteiger partial charge in [0.05, 0.1) is 6.10 Å². The Hall–Kier alpha value is -1.48. The first-order valence-electron chi connectivity index (χ1n) is 7.58. The fourth-order valence-corrected chi connectivity index (χ4v) is 3.15. The van der Waals surface area contributed by atoms with Crippen LogP contribution in [0.5, 0.6) is 5.75 Å². The van der Waals surface area contributed by atoms with Crippen molar-refractivity contribution in [2.75, 3.05) is 14.1 Å². The summed E-state index contributed by atoms with van der Waals surface area (Å²) in [6, 6.07) is 7.18. The number of hydrogen-bond donors (Lipinski definition) is 1. The quantitative estimate of drug-likeness (QED) is 0.915. The molecule has 1 aliphatic heterocycles. The first-order valence-corrected chi connectivity index (χ1v) is 7.58. The fourth-order valence-electron chi connectivity index (χ4n) is 3.15. The third-order valence-electron chi connectivity index (χ3n) is 4.47. The maximum Gasteiger partial charge on any atom is 0.120 e. The van der Waals surface area contributed by atoms with E-state index in [-0.39, 0.29) is 0 Å². The predicted molar refractivity (Wildman–Crippen MR) is 82.7 cm³/mol. The standard InChI is InChI=1S/C17H24N2O/c1-19(2)15-4-7-16(8-5-15)20-17-6-3-14-12-18-10-9-13(14)11-17/h3,6,9-11,15-16,18H,4-5,7-8,12H2,1-2H3. The molecule has 3 rings (SSSR count). The molecule has 1 aromatic rings. The zero-order chi connectivity index (χ0) is 13.9. The topological polar surface area (TPSA) is 24.5 Å². The number of fused-ring (bicyclic) bond motifs is 1. The van der Waals surface area contributed by atoms with E-state index in [0.29, 0.717) is 6.10 Å². The van der Waals surface area contributed by atoms with E-state index >= 15 is 0 Å². The van der Waals surface area contributed by atoms with Crippen molar-refractivity contribution in [1.29, 1.82) is 0 Å². The van der Waals surface area contributed by atoms with Gasteiger partial charge < -0.3 is 15.0 Å². The average molecular weight is 272 g/mol. The van der Waals surface area contributed by atoms with Gasteiger partial charge in [-0.3, -0.25) is 0 Å². The van der Waals surface area contributed by atoms with Crippen molar-refractivity contribution in [1.82, 2.24) is 10.2 Å². The summed E-state index contributed by atoms with van der Waals surface area (Å²) in [6.07, 6.45) is 9.33. The molecule has 3 nitrogen and oxygen atoms in total. The van der Waals surface area contributed by atoms with Crippen molar-refractivity contribution < 1.29 is 4.74 Å². The van der Waals surface area contributed by atoms with Crippen molar-refractivity contribution in [3.63, 3.8) is 0 Å². The Morgan fingerprint density at radius 1 is 1.15 bits per heavy atom. The van der Waals surface area contributed by atoms with Crippen LogP contribution in [0.1, 0.15) is 36.8 Å². The molecule has 1 N–H and O–H groups in total. The summed E-state index contributed by atoms with van der Waals surface area (Å²) in [5.74, 6) is 1.02. The molecule has 1 heterocycles. The summed E-state index contributed by atoms with van der Waals surface area (Å²) in [5.41, 5.74) is 2.62. The molecule has 108 valence electrons. The molecule has 1 fully saturated rings. The molecule has 0 radical (unpaired) electrons. The fraction of sp³-hybridized carbons (Fsp3) is 0.529. The molecule has 0 bridgehead atoms. The Labute approximate surface area is 121 Å². The Morgan fingerprint density at radius 3 is 2.70 bits per heavy atom. The highest BCUT2D eigenvalue weighted by atomic mass is 16.5. The minimum absolute atomic E-state index is 0.384. The van der Waals surface area contributed by atoms with Crippen LogP contribution in [0.4, 0.5) is 0 Å². The molecule has 1 aliphatic carbocycles. The van der Waals surface area contributed by atoms with Gasteiger partial charge in [-0.1, -0.05) is 6.07 Å². The van der Waals surface area contributed by atoms with Gasteiger partial charge in [-0.05, 0) is 75.3 Å². The number of benzene rings is 1. The summed E-state index contributed by atoms with van der Waals surface area (Å²) >= 11 is 0. The van der Waals surface area contributed by atoms with Crippen LogP contribution in [0.2, 0.25) is 0 Å². The molecule has 3 heteroatoms. The molecular weight excluding hydrogens is 248 g/mol. The minimum atomic E-state index is 0.384. The lowest BCUT2D eigenvalue weighted by Crippen LogP contribution is -2.35. The molecule has 0 amide bonds. The highest BCUT2D eigenvalue weighted by molar-refractivity contribution is 5.57. The van der Waals surface area contributed by atoms with Crippen molar-refractivity contribution in [3.05, 3.63) is 35.5 Å². The van der Waals surface area contributed by atoms with Crippen molar-refractivity contribution in [2.45, 2.75) is 44.4 Å². The average Bonchev–Trinajstić information content (AvgIpc) is 2.48. The van der Waals surface area contributed by atoms with Gasteiger partial charge in [0.25, 0.3) is 0 Å². The summed E-state index contributed by atoms with van der Waals surface area (Å²) < 4.78 is 6.18. The third kappa shape index (κ3) is 2.98. The Bertz CT molecular complexity index is 488. The Morgan fingerprint density at radius 2 is 1.95 bits per heavy atom. The maximum atomic E-state index is 6.18. The number of nitrogens with zero attached hydrogens (tertiary/aromatic N) is 1. The summed E-state index contributed by atoms with van der Waals surface area (Å²) in [4.78, 5) is 2.34. The first kappa shape index (κ1) is 13.5. The lowest BCUT2D eigenvalue weighted by Gasteiger charge is -2.32. The number of nitrogens with one attached hydrogen (secondary N) is 1. The van der Waals surface area contributed by atoms with Crippen molar-refractivity contribution in [2.24, 2.45) is 0 Å². The molecule has 2 aliphatic rings. The first-order chi connectivity index (χ1) is 9.72. The normalized spacial score (nSPS) is 25.1. The summed E-state index contributed by atoms with van der Waals surface area (Å²) in [5, 5.41) is 3.23. The smallest absolute Gasteiger partial charge is 0.120 e. The van der Waals surface area contributed by atoms with E-state index in [9.17, 15) is 0 Å². The van der Waals surface area contributed by atoms with Gasteiger partial charge in [-0.15, -0.1) is 0 Å². The summed E-state index contributed by atoms with van der Waals surface area (Å²) in [6.45, 7) is 0.917. The SMILES string of the molecule is CN(C)C1CCC(Oc2ccc3c(c2)C=CNC3)CC1. The number of rotatable bonds is 3. The summed E-state index contributed by atoms with van der Waals surface area (Å²) in [7, 11) is 4.35. The van der Waals surface area contributed by atoms with Gasteiger partial charge in [-0.25, -0.2) is 0 Å². The van der Waals surface area contributed by atoms with Crippen LogP contribution in [0, 0.1) is 0 Å². The molecule has 0 unspecified atom stereocenters. The van der Waals surface area contributed by atoms with E-state index in [0.717, 1.165) is 31.2 Å². The van der Waals surface area contributed by atoms with Crippen molar-refractivity contribution >= 4 is 6.08 Å². The van der Waals surface area contributed by atoms with E-state index in [1.165, 1.54) is 24.0 Å². The molecule has 20 heavy (non-hydrogen) atoms. The van der Waals surface area contributed by atoms with E-state index in [1.807, 2.05) is 6.20 Å². The highest BCUT2D eigenvalue weighted by Gasteiger charge is 2.23. The van der Waals surface area contributed by atoms with Crippen LogP contribution in [-0.4, -0.2) is 31.1 Å². The lowest BCUT2D eigenvalue weighted by molar-refractivity contribution is 0.111. The van der Waals surface area contributed by atoms with Crippen LogP contribution in [0.15, 0.2) is 24.4 Å². The monoisotopic (exact) mass is 272 g/mol.